The van der Waals surface area contributed by atoms with Gasteiger partial charge in [0.2, 0.25) is 0 Å². The summed E-state index contributed by atoms with van der Waals surface area (Å²) in [6, 6.07) is 10.5. The van der Waals surface area contributed by atoms with E-state index in [0.717, 1.165) is 47.6 Å². The number of nitrogens with zero attached hydrogens (tertiary/aromatic N) is 2. The molecule has 2 aromatic rings. The first-order chi connectivity index (χ1) is 15.1. The van der Waals surface area contributed by atoms with Crippen molar-refractivity contribution in [1.82, 2.24) is 9.97 Å². The van der Waals surface area contributed by atoms with Crippen molar-refractivity contribution in [3.8, 4) is 11.4 Å². The summed E-state index contributed by atoms with van der Waals surface area (Å²) in [6.07, 6.45) is 21.3. The van der Waals surface area contributed by atoms with Gasteiger partial charge in [-0.25, -0.2) is 9.97 Å². The lowest BCUT2D eigenvalue weighted by Crippen LogP contribution is -2.01. The Morgan fingerprint density at radius 1 is 1.00 bits per heavy atom. The van der Waals surface area contributed by atoms with Crippen LogP contribution < -0.4 is 0 Å². The second kappa shape index (κ2) is 13.3. The fourth-order valence-corrected chi connectivity index (χ4v) is 3.09. The van der Waals surface area contributed by atoms with Gasteiger partial charge in [0.15, 0.2) is 5.82 Å². The van der Waals surface area contributed by atoms with Crippen LogP contribution in [0.25, 0.3) is 17.0 Å². The summed E-state index contributed by atoms with van der Waals surface area (Å²) in [4.78, 5) is 9.73. The normalized spacial score (nSPS) is 14.0. The van der Waals surface area contributed by atoms with Gasteiger partial charge in [-0.3, -0.25) is 0 Å². The predicted octanol–water partition coefficient (Wildman–Crippen LogP) is 8.22. The molecule has 1 aliphatic carbocycles. The number of allylic oxidation sites excluding steroid dienone is 10. The molecule has 0 saturated heterocycles. The van der Waals surface area contributed by atoms with E-state index >= 15 is 0 Å². The predicted molar refractivity (Wildman–Crippen MR) is 136 cm³/mol. The van der Waals surface area contributed by atoms with Crippen molar-refractivity contribution in [2.45, 2.75) is 60.3 Å². The minimum atomic E-state index is 0.790. The van der Waals surface area contributed by atoms with Gasteiger partial charge in [0.25, 0.3) is 0 Å². The van der Waals surface area contributed by atoms with E-state index in [0.29, 0.717) is 0 Å². The Bertz CT molecular complexity index is 970. The molecule has 0 amide bonds. The number of hydrogen-bond donors (Lipinski definition) is 0. The molecule has 0 fully saturated rings. The smallest absolute Gasteiger partial charge is 0.160 e. The standard InChI is InChI=1S/C26H28N2.C3H8/c1-4-5-6-8-11-21(3)25-19-24(18-22-12-9-7-10-13-22)27-26(28-25)23-16-14-20(2)15-17-23;1-3-2/h4-6,8-9,11-17,19H,7,10,18H2,1-3H3;3H2,1-2H3/b5-4-,8-6-,21-11+;. The third-order valence-electron chi connectivity index (χ3n) is 4.71. The Hall–Kier alpha value is -3.00. The van der Waals surface area contributed by atoms with E-state index < -0.39 is 0 Å². The van der Waals surface area contributed by atoms with Gasteiger partial charge < -0.3 is 0 Å². The van der Waals surface area contributed by atoms with Crippen molar-refractivity contribution < 1.29 is 0 Å². The highest BCUT2D eigenvalue weighted by Gasteiger charge is 2.10. The zero-order valence-corrected chi connectivity index (χ0v) is 19.7. The molecule has 0 atom stereocenters. The largest absolute Gasteiger partial charge is 0.233 e. The molecule has 0 aliphatic heterocycles. The van der Waals surface area contributed by atoms with Crippen LogP contribution in [0.3, 0.4) is 0 Å². The Morgan fingerprint density at radius 3 is 2.39 bits per heavy atom. The lowest BCUT2D eigenvalue weighted by atomic mass is 10.0. The van der Waals surface area contributed by atoms with Crippen molar-refractivity contribution in [2.24, 2.45) is 0 Å². The van der Waals surface area contributed by atoms with Gasteiger partial charge in [-0.2, -0.15) is 0 Å². The number of rotatable bonds is 6. The summed E-state index contributed by atoms with van der Waals surface area (Å²) in [7, 11) is 0. The molecule has 0 unspecified atom stereocenters. The summed E-state index contributed by atoms with van der Waals surface area (Å²) < 4.78 is 0. The van der Waals surface area contributed by atoms with Crippen LogP contribution in [-0.4, -0.2) is 9.97 Å². The van der Waals surface area contributed by atoms with Crippen molar-refractivity contribution in [1.29, 1.82) is 0 Å². The van der Waals surface area contributed by atoms with Crippen LogP contribution in [0.5, 0.6) is 0 Å². The van der Waals surface area contributed by atoms with Crippen molar-refractivity contribution >= 4 is 5.57 Å². The number of benzene rings is 1. The van der Waals surface area contributed by atoms with Crippen molar-refractivity contribution in [3.63, 3.8) is 0 Å². The van der Waals surface area contributed by atoms with E-state index in [4.69, 9.17) is 9.97 Å². The van der Waals surface area contributed by atoms with Crippen LogP contribution in [0.15, 0.2) is 84.5 Å². The van der Waals surface area contributed by atoms with E-state index in [9.17, 15) is 0 Å². The fourth-order valence-electron chi connectivity index (χ4n) is 3.09. The highest BCUT2D eigenvalue weighted by Crippen LogP contribution is 2.22. The number of aryl methyl sites for hydroxylation is 1. The lowest BCUT2D eigenvalue weighted by molar-refractivity contribution is 0.966. The molecule has 0 saturated carbocycles. The van der Waals surface area contributed by atoms with Gasteiger partial charge >= 0.3 is 0 Å². The van der Waals surface area contributed by atoms with Gasteiger partial charge in [-0.15, -0.1) is 0 Å². The second-order valence-electron chi connectivity index (χ2n) is 7.84. The SMILES string of the molecule is CCC.C\C=C/C=C\C=C(/C)c1cc(CC2=CCCC=C2)nc(-c2ccc(C)cc2)n1. The second-order valence-corrected chi connectivity index (χ2v) is 7.84. The van der Waals surface area contributed by atoms with E-state index in [1.165, 1.54) is 17.6 Å². The zero-order valence-electron chi connectivity index (χ0n) is 19.7. The number of hydrogen-bond acceptors (Lipinski definition) is 2. The Balaban J connectivity index is 0.00000107. The summed E-state index contributed by atoms with van der Waals surface area (Å²) in [5.74, 6) is 0.790. The molecule has 1 aromatic carbocycles. The molecule has 0 bridgehead atoms. The molecule has 31 heavy (non-hydrogen) atoms. The van der Waals surface area contributed by atoms with E-state index in [-0.39, 0.29) is 0 Å². The van der Waals surface area contributed by atoms with E-state index in [1.54, 1.807) is 0 Å². The molecule has 0 radical (unpaired) electrons. The quantitative estimate of drug-likeness (QED) is 0.447. The van der Waals surface area contributed by atoms with Crippen LogP contribution in [0.4, 0.5) is 0 Å². The minimum absolute atomic E-state index is 0.790. The molecule has 1 heterocycles. The summed E-state index contributed by atoms with van der Waals surface area (Å²) in [5.41, 5.74) is 6.79. The first-order valence-corrected chi connectivity index (χ1v) is 11.3. The maximum Gasteiger partial charge on any atom is 0.160 e. The van der Waals surface area contributed by atoms with Gasteiger partial charge in [-0.1, -0.05) is 98.7 Å². The highest BCUT2D eigenvalue weighted by atomic mass is 14.9. The molecule has 0 N–H and O–H groups in total. The first kappa shape index (κ1) is 24.3. The molecule has 3 rings (SSSR count). The molecule has 2 nitrogen and oxygen atoms in total. The Morgan fingerprint density at radius 2 is 1.74 bits per heavy atom. The van der Waals surface area contributed by atoms with Crippen LogP contribution >= 0.6 is 0 Å². The maximum absolute atomic E-state index is 4.88. The van der Waals surface area contributed by atoms with Crippen LogP contribution in [-0.2, 0) is 6.42 Å². The fraction of sp³-hybridized carbons (Fsp3) is 0.310. The van der Waals surface area contributed by atoms with Gasteiger partial charge in [-0.05, 0) is 50.8 Å². The maximum atomic E-state index is 4.88. The van der Waals surface area contributed by atoms with Crippen LogP contribution in [0.2, 0.25) is 0 Å². The monoisotopic (exact) mass is 412 g/mol. The minimum Gasteiger partial charge on any atom is -0.233 e. The third kappa shape index (κ3) is 8.33. The number of aromatic nitrogens is 2. The van der Waals surface area contributed by atoms with Gasteiger partial charge in [0, 0.05) is 17.7 Å². The molecular formula is C29H36N2. The van der Waals surface area contributed by atoms with Crippen LogP contribution in [0.1, 0.15) is 63.9 Å². The molecular weight excluding hydrogens is 376 g/mol. The first-order valence-electron chi connectivity index (χ1n) is 11.3. The van der Waals surface area contributed by atoms with Gasteiger partial charge in [0.05, 0.1) is 5.69 Å². The summed E-state index contributed by atoms with van der Waals surface area (Å²) in [5, 5.41) is 0. The Labute approximate surface area is 188 Å². The third-order valence-corrected chi connectivity index (χ3v) is 4.71. The summed E-state index contributed by atoms with van der Waals surface area (Å²) in [6.45, 7) is 10.5. The molecule has 1 aliphatic rings. The molecule has 162 valence electrons. The summed E-state index contributed by atoms with van der Waals surface area (Å²) >= 11 is 0. The molecule has 2 heteroatoms. The van der Waals surface area contributed by atoms with E-state index in [1.807, 2.05) is 25.2 Å². The lowest BCUT2D eigenvalue weighted by Gasteiger charge is -2.11. The average molecular weight is 413 g/mol. The van der Waals surface area contributed by atoms with Crippen molar-refractivity contribution in [2.75, 3.05) is 0 Å². The molecule has 0 spiro atoms. The van der Waals surface area contributed by atoms with Crippen molar-refractivity contribution in [3.05, 3.63) is 101 Å². The zero-order chi connectivity index (χ0) is 22.5. The van der Waals surface area contributed by atoms with Gasteiger partial charge in [0.1, 0.15) is 0 Å². The van der Waals surface area contributed by atoms with E-state index in [2.05, 4.69) is 88.4 Å². The topological polar surface area (TPSA) is 25.8 Å². The van der Waals surface area contributed by atoms with Crippen LogP contribution in [0, 0.1) is 6.92 Å². The Kier molecular flexibility index (Phi) is 10.4. The molecule has 1 aromatic heterocycles. The average Bonchev–Trinajstić information content (AvgIpc) is 2.78. The highest BCUT2D eigenvalue weighted by molar-refractivity contribution is 5.65.